The molecule has 0 aliphatic carbocycles. The lowest BCUT2D eigenvalue weighted by Gasteiger charge is -2.28. The lowest BCUT2D eigenvalue weighted by molar-refractivity contribution is -0.117. The van der Waals surface area contributed by atoms with Crippen molar-refractivity contribution in [2.45, 2.75) is 32.2 Å². The standard InChI is InChI=1S/C20H22Cl2N4O2/c1-13(24-20(28)15-6-5-7-16(21)18(15)22)19(27)25-17-9-8-14(12-23-17)26-10-3-2-4-11-26/h5-9,12-13H,2-4,10-11H2,1H3,(H,24,28)(H,23,25,27). The number of aromatic nitrogens is 1. The van der Waals surface area contributed by atoms with Crippen molar-refractivity contribution < 1.29 is 9.59 Å². The molecule has 1 aliphatic heterocycles. The van der Waals surface area contributed by atoms with Crippen LogP contribution in [0.15, 0.2) is 36.5 Å². The number of rotatable bonds is 5. The molecule has 1 fully saturated rings. The van der Waals surface area contributed by atoms with Crippen molar-refractivity contribution in [1.82, 2.24) is 10.3 Å². The Kier molecular flexibility index (Phi) is 6.75. The minimum Gasteiger partial charge on any atom is -0.370 e. The first kappa shape index (κ1) is 20.4. The number of benzene rings is 1. The Morgan fingerprint density at radius 2 is 1.86 bits per heavy atom. The van der Waals surface area contributed by atoms with Crippen molar-refractivity contribution in [3.05, 3.63) is 52.1 Å². The monoisotopic (exact) mass is 420 g/mol. The summed E-state index contributed by atoms with van der Waals surface area (Å²) in [6.45, 7) is 3.65. The van der Waals surface area contributed by atoms with Crippen molar-refractivity contribution in [1.29, 1.82) is 0 Å². The first-order chi connectivity index (χ1) is 13.5. The van der Waals surface area contributed by atoms with E-state index in [9.17, 15) is 9.59 Å². The number of piperidine rings is 1. The minimum absolute atomic E-state index is 0.157. The van der Waals surface area contributed by atoms with Crippen LogP contribution in [-0.2, 0) is 4.79 Å². The number of hydrogen-bond acceptors (Lipinski definition) is 4. The predicted octanol–water partition coefficient (Wildman–Crippen LogP) is 4.14. The number of hydrogen-bond donors (Lipinski definition) is 2. The smallest absolute Gasteiger partial charge is 0.253 e. The highest BCUT2D eigenvalue weighted by Gasteiger charge is 2.20. The van der Waals surface area contributed by atoms with E-state index in [4.69, 9.17) is 23.2 Å². The predicted molar refractivity (Wildman–Crippen MR) is 112 cm³/mol. The third-order valence-electron chi connectivity index (χ3n) is 4.66. The van der Waals surface area contributed by atoms with Crippen LogP contribution < -0.4 is 15.5 Å². The zero-order chi connectivity index (χ0) is 20.1. The van der Waals surface area contributed by atoms with Gasteiger partial charge in [-0.2, -0.15) is 0 Å². The number of halogens is 2. The molecule has 3 rings (SSSR count). The lowest BCUT2D eigenvalue weighted by atomic mass is 10.1. The average molecular weight is 421 g/mol. The second-order valence-electron chi connectivity index (χ2n) is 6.74. The Balaban J connectivity index is 1.57. The summed E-state index contributed by atoms with van der Waals surface area (Å²) in [7, 11) is 0. The van der Waals surface area contributed by atoms with Gasteiger partial charge in [-0.15, -0.1) is 0 Å². The molecule has 2 amide bonds. The van der Waals surface area contributed by atoms with Gasteiger partial charge in [0.25, 0.3) is 5.91 Å². The number of carbonyl (C=O) groups excluding carboxylic acids is 2. The molecule has 0 saturated carbocycles. The van der Waals surface area contributed by atoms with Crippen LogP contribution in [0.1, 0.15) is 36.5 Å². The van der Waals surface area contributed by atoms with E-state index >= 15 is 0 Å². The molecule has 1 aromatic heterocycles. The van der Waals surface area contributed by atoms with E-state index in [0.717, 1.165) is 18.8 Å². The van der Waals surface area contributed by atoms with Crippen LogP contribution in [0.4, 0.5) is 11.5 Å². The largest absolute Gasteiger partial charge is 0.370 e. The third-order valence-corrected chi connectivity index (χ3v) is 5.48. The Bertz CT molecular complexity index is 852. The second kappa shape index (κ2) is 9.26. The van der Waals surface area contributed by atoms with Crippen LogP contribution in [0.5, 0.6) is 0 Å². The van der Waals surface area contributed by atoms with Crippen LogP contribution in [-0.4, -0.2) is 35.9 Å². The molecule has 0 radical (unpaired) electrons. The highest BCUT2D eigenvalue weighted by atomic mass is 35.5. The van der Waals surface area contributed by atoms with Gasteiger partial charge in [0, 0.05) is 13.1 Å². The minimum atomic E-state index is -0.772. The SMILES string of the molecule is CC(NC(=O)c1cccc(Cl)c1Cl)C(=O)Nc1ccc(N2CCCCC2)cn1. The molecule has 1 aromatic carbocycles. The van der Waals surface area contributed by atoms with Crippen molar-refractivity contribution in [2.24, 2.45) is 0 Å². The van der Waals surface area contributed by atoms with Gasteiger partial charge in [-0.05, 0) is 50.5 Å². The van der Waals surface area contributed by atoms with Gasteiger partial charge in [-0.25, -0.2) is 4.98 Å². The van der Waals surface area contributed by atoms with E-state index in [1.807, 2.05) is 6.07 Å². The van der Waals surface area contributed by atoms with Gasteiger partial charge >= 0.3 is 0 Å². The maximum atomic E-state index is 12.4. The summed E-state index contributed by atoms with van der Waals surface area (Å²) in [6.07, 6.45) is 5.40. The molecule has 1 atom stereocenters. The fraction of sp³-hybridized carbons (Fsp3) is 0.350. The lowest BCUT2D eigenvalue weighted by Crippen LogP contribution is -2.41. The average Bonchev–Trinajstić information content (AvgIpc) is 2.71. The summed E-state index contributed by atoms with van der Waals surface area (Å²) >= 11 is 12.0. The zero-order valence-corrected chi connectivity index (χ0v) is 17.1. The fourth-order valence-electron chi connectivity index (χ4n) is 3.05. The summed E-state index contributed by atoms with van der Waals surface area (Å²) in [5.74, 6) is -0.402. The number of carbonyl (C=O) groups is 2. The summed E-state index contributed by atoms with van der Waals surface area (Å²) < 4.78 is 0. The Labute approximate surface area is 174 Å². The number of nitrogens with zero attached hydrogens (tertiary/aromatic N) is 2. The number of anilines is 2. The normalized spacial score (nSPS) is 15.0. The molecule has 6 nitrogen and oxygen atoms in total. The Hall–Kier alpha value is -2.31. The molecular formula is C20H22Cl2N4O2. The zero-order valence-electron chi connectivity index (χ0n) is 15.5. The first-order valence-electron chi connectivity index (χ1n) is 9.22. The van der Waals surface area contributed by atoms with Crippen molar-refractivity contribution in [3.63, 3.8) is 0 Å². The van der Waals surface area contributed by atoms with Gasteiger partial charge in [0.05, 0.1) is 27.5 Å². The van der Waals surface area contributed by atoms with Gasteiger partial charge < -0.3 is 15.5 Å². The molecular weight excluding hydrogens is 399 g/mol. The molecule has 148 valence electrons. The van der Waals surface area contributed by atoms with Gasteiger partial charge in [0.15, 0.2) is 0 Å². The Morgan fingerprint density at radius 1 is 1.11 bits per heavy atom. The highest BCUT2D eigenvalue weighted by Crippen LogP contribution is 2.25. The van der Waals surface area contributed by atoms with E-state index in [-0.39, 0.29) is 21.5 Å². The van der Waals surface area contributed by atoms with E-state index in [1.54, 1.807) is 37.4 Å². The summed E-state index contributed by atoms with van der Waals surface area (Å²) in [5, 5.41) is 5.77. The van der Waals surface area contributed by atoms with Gasteiger partial charge in [0.1, 0.15) is 11.9 Å². The highest BCUT2D eigenvalue weighted by molar-refractivity contribution is 6.43. The molecule has 2 N–H and O–H groups in total. The van der Waals surface area contributed by atoms with Crippen LogP contribution in [0.25, 0.3) is 0 Å². The Morgan fingerprint density at radius 3 is 2.54 bits per heavy atom. The topological polar surface area (TPSA) is 74.3 Å². The molecule has 2 aromatic rings. The van der Waals surface area contributed by atoms with E-state index in [2.05, 4.69) is 20.5 Å². The second-order valence-corrected chi connectivity index (χ2v) is 7.52. The van der Waals surface area contributed by atoms with E-state index < -0.39 is 11.9 Å². The van der Waals surface area contributed by atoms with Crippen molar-refractivity contribution >= 4 is 46.5 Å². The maximum absolute atomic E-state index is 12.4. The molecule has 0 bridgehead atoms. The van der Waals surface area contributed by atoms with Crippen LogP contribution in [0.3, 0.4) is 0 Å². The molecule has 1 unspecified atom stereocenters. The maximum Gasteiger partial charge on any atom is 0.253 e. The van der Waals surface area contributed by atoms with Crippen molar-refractivity contribution in [2.75, 3.05) is 23.3 Å². The third kappa shape index (κ3) is 4.94. The van der Waals surface area contributed by atoms with Gasteiger partial charge in [-0.3, -0.25) is 9.59 Å². The number of nitrogens with one attached hydrogen (secondary N) is 2. The quantitative estimate of drug-likeness (QED) is 0.761. The molecule has 28 heavy (non-hydrogen) atoms. The van der Waals surface area contributed by atoms with Crippen LogP contribution in [0.2, 0.25) is 10.0 Å². The summed E-state index contributed by atoms with van der Waals surface area (Å²) in [5.41, 5.74) is 1.27. The molecule has 1 aliphatic rings. The summed E-state index contributed by atoms with van der Waals surface area (Å²) in [4.78, 5) is 31.3. The summed E-state index contributed by atoms with van der Waals surface area (Å²) in [6, 6.07) is 7.71. The molecule has 8 heteroatoms. The van der Waals surface area contributed by atoms with E-state index in [1.165, 1.54) is 19.3 Å². The van der Waals surface area contributed by atoms with Gasteiger partial charge in [0.2, 0.25) is 5.91 Å². The number of amides is 2. The fourth-order valence-corrected chi connectivity index (χ4v) is 3.44. The first-order valence-corrected chi connectivity index (χ1v) is 9.98. The molecule has 1 saturated heterocycles. The molecule has 0 spiro atoms. The van der Waals surface area contributed by atoms with Gasteiger partial charge in [-0.1, -0.05) is 29.3 Å². The van der Waals surface area contributed by atoms with E-state index in [0.29, 0.717) is 5.82 Å². The number of pyridine rings is 1. The van der Waals surface area contributed by atoms with Crippen LogP contribution in [0, 0.1) is 0 Å². The molecule has 2 heterocycles. The van der Waals surface area contributed by atoms with Crippen LogP contribution >= 0.6 is 23.2 Å². The van der Waals surface area contributed by atoms with Crippen molar-refractivity contribution in [3.8, 4) is 0 Å².